The Bertz CT molecular complexity index is 563. The molecule has 0 bridgehead atoms. The fraction of sp³-hybridized carbons (Fsp3) is 0.333. The molecule has 2 rings (SSSR count). The van der Waals surface area contributed by atoms with Crippen LogP contribution in [0.25, 0.3) is 11.0 Å². The van der Waals surface area contributed by atoms with Gasteiger partial charge in [0.05, 0.1) is 11.0 Å². The molecule has 0 saturated heterocycles. The van der Waals surface area contributed by atoms with Crippen LogP contribution >= 0.6 is 11.6 Å². The second-order valence-electron chi connectivity index (χ2n) is 4.95. The molecule has 1 heterocycles. The van der Waals surface area contributed by atoms with Crippen molar-refractivity contribution in [3.63, 3.8) is 0 Å². The summed E-state index contributed by atoms with van der Waals surface area (Å²) in [6.07, 6.45) is 0. The Labute approximate surface area is 107 Å². The number of fused-ring (bicyclic) bond motifs is 1. The first-order valence-corrected chi connectivity index (χ1v) is 5.74. The van der Waals surface area contributed by atoms with Crippen LogP contribution in [0.15, 0.2) is 18.2 Å². The predicted octanol–water partition coefficient (Wildman–Crippen LogP) is 2.29. The van der Waals surface area contributed by atoms with Gasteiger partial charge >= 0.3 is 0 Å². The van der Waals surface area contributed by atoms with E-state index in [0.29, 0.717) is 27.5 Å². The zero-order valence-electron chi connectivity index (χ0n) is 10.1. The SMILES string of the molecule is [B]c1cccc2nc(Cl)c(NC(C)(C)C)nc12. The summed E-state index contributed by atoms with van der Waals surface area (Å²) in [4.78, 5) is 8.71. The highest BCUT2D eigenvalue weighted by Crippen LogP contribution is 2.22. The first-order valence-electron chi connectivity index (χ1n) is 5.37. The van der Waals surface area contributed by atoms with Crippen LogP contribution < -0.4 is 10.8 Å². The Morgan fingerprint density at radius 3 is 2.59 bits per heavy atom. The van der Waals surface area contributed by atoms with Crippen molar-refractivity contribution in [1.82, 2.24) is 9.97 Å². The highest BCUT2D eigenvalue weighted by molar-refractivity contribution is 6.38. The van der Waals surface area contributed by atoms with Gasteiger partial charge in [-0.25, -0.2) is 9.97 Å². The van der Waals surface area contributed by atoms with Crippen LogP contribution in [-0.2, 0) is 0 Å². The minimum Gasteiger partial charge on any atom is -0.363 e. The maximum atomic E-state index is 6.08. The first-order chi connectivity index (χ1) is 7.87. The van der Waals surface area contributed by atoms with E-state index in [4.69, 9.17) is 19.4 Å². The van der Waals surface area contributed by atoms with Gasteiger partial charge in [-0.1, -0.05) is 29.2 Å². The van der Waals surface area contributed by atoms with Crippen LogP contribution in [0, 0.1) is 0 Å². The quantitative estimate of drug-likeness (QED) is 0.784. The number of para-hydroxylation sites is 1. The van der Waals surface area contributed by atoms with E-state index in [0.717, 1.165) is 0 Å². The van der Waals surface area contributed by atoms with E-state index in [1.807, 2.05) is 32.9 Å². The van der Waals surface area contributed by atoms with Gasteiger partial charge < -0.3 is 5.32 Å². The number of hydrogen-bond donors (Lipinski definition) is 1. The molecule has 1 aromatic heterocycles. The number of halogens is 1. The number of nitrogens with one attached hydrogen (secondary N) is 1. The smallest absolute Gasteiger partial charge is 0.172 e. The van der Waals surface area contributed by atoms with E-state index in [2.05, 4.69) is 15.3 Å². The van der Waals surface area contributed by atoms with Gasteiger partial charge in [-0.2, -0.15) is 0 Å². The standard InChI is InChI=1S/C12H13BClN3/c1-12(2,3)17-11-10(14)15-8-6-4-5-7(13)9(8)16-11/h4-6H,1-3H3,(H,16,17). The summed E-state index contributed by atoms with van der Waals surface area (Å²) in [6.45, 7) is 6.09. The summed E-state index contributed by atoms with van der Waals surface area (Å²) in [5.41, 5.74) is 1.84. The van der Waals surface area contributed by atoms with Gasteiger partial charge in [-0.3, -0.25) is 0 Å². The number of aromatic nitrogens is 2. The lowest BCUT2D eigenvalue weighted by Gasteiger charge is -2.22. The molecule has 0 aliphatic heterocycles. The van der Waals surface area contributed by atoms with E-state index >= 15 is 0 Å². The fourth-order valence-electron chi connectivity index (χ4n) is 1.51. The van der Waals surface area contributed by atoms with E-state index in [9.17, 15) is 0 Å². The predicted molar refractivity (Wildman–Crippen MR) is 73.3 cm³/mol. The van der Waals surface area contributed by atoms with Crippen molar-refractivity contribution in [3.8, 4) is 0 Å². The molecule has 0 aliphatic carbocycles. The lowest BCUT2D eigenvalue weighted by Crippen LogP contribution is -2.27. The third-order valence-electron chi connectivity index (χ3n) is 2.18. The molecule has 17 heavy (non-hydrogen) atoms. The van der Waals surface area contributed by atoms with Gasteiger partial charge in [0.2, 0.25) is 0 Å². The normalized spacial score (nSPS) is 11.8. The molecule has 0 aliphatic rings. The Kier molecular flexibility index (Phi) is 3.00. The number of hydrogen-bond acceptors (Lipinski definition) is 3. The van der Waals surface area contributed by atoms with Crippen molar-refractivity contribution in [2.75, 3.05) is 5.32 Å². The number of rotatable bonds is 1. The zero-order valence-corrected chi connectivity index (χ0v) is 10.8. The molecule has 3 nitrogen and oxygen atoms in total. The molecule has 0 fully saturated rings. The number of nitrogens with zero attached hydrogens (tertiary/aromatic N) is 2. The maximum Gasteiger partial charge on any atom is 0.172 e. The summed E-state index contributed by atoms with van der Waals surface area (Å²) in [7, 11) is 5.87. The third-order valence-corrected chi connectivity index (χ3v) is 2.44. The summed E-state index contributed by atoms with van der Waals surface area (Å²) < 4.78 is 0. The molecule has 0 amide bonds. The third kappa shape index (κ3) is 2.69. The van der Waals surface area contributed by atoms with Crippen molar-refractivity contribution >= 4 is 41.8 Å². The molecule has 1 N–H and O–H groups in total. The molecule has 2 aromatic rings. The maximum absolute atomic E-state index is 6.08. The highest BCUT2D eigenvalue weighted by atomic mass is 35.5. The van der Waals surface area contributed by atoms with Crippen LogP contribution in [0.4, 0.5) is 5.82 Å². The lowest BCUT2D eigenvalue weighted by molar-refractivity contribution is 0.630. The van der Waals surface area contributed by atoms with E-state index in [1.165, 1.54) is 0 Å². The summed E-state index contributed by atoms with van der Waals surface area (Å²) in [5, 5.41) is 3.57. The number of benzene rings is 1. The van der Waals surface area contributed by atoms with Crippen molar-refractivity contribution < 1.29 is 0 Å². The molecule has 0 unspecified atom stereocenters. The second-order valence-corrected chi connectivity index (χ2v) is 5.31. The van der Waals surface area contributed by atoms with Gasteiger partial charge in [0.25, 0.3) is 0 Å². The minimum atomic E-state index is -0.129. The minimum absolute atomic E-state index is 0.129. The second kappa shape index (κ2) is 4.19. The Balaban J connectivity index is 2.58. The van der Waals surface area contributed by atoms with Gasteiger partial charge in [0.15, 0.2) is 11.0 Å². The van der Waals surface area contributed by atoms with Crippen LogP contribution in [0.3, 0.4) is 0 Å². The molecule has 0 saturated carbocycles. The fourth-order valence-corrected chi connectivity index (χ4v) is 1.69. The molecule has 2 radical (unpaired) electrons. The van der Waals surface area contributed by atoms with Gasteiger partial charge in [0, 0.05) is 5.54 Å². The molecule has 0 atom stereocenters. The van der Waals surface area contributed by atoms with Crippen LogP contribution in [0.2, 0.25) is 5.15 Å². The van der Waals surface area contributed by atoms with Gasteiger partial charge in [0.1, 0.15) is 7.85 Å². The molecule has 86 valence electrons. The lowest BCUT2D eigenvalue weighted by atomic mass is 9.94. The van der Waals surface area contributed by atoms with Crippen LogP contribution in [0.1, 0.15) is 20.8 Å². The monoisotopic (exact) mass is 245 g/mol. The molecular weight excluding hydrogens is 232 g/mol. The van der Waals surface area contributed by atoms with E-state index < -0.39 is 0 Å². The summed E-state index contributed by atoms with van der Waals surface area (Å²) >= 11 is 6.08. The Morgan fingerprint density at radius 1 is 1.24 bits per heavy atom. The largest absolute Gasteiger partial charge is 0.363 e. The zero-order chi connectivity index (χ0) is 12.6. The first kappa shape index (κ1) is 12.2. The summed E-state index contributed by atoms with van der Waals surface area (Å²) in [5.74, 6) is 0.560. The van der Waals surface area contributed by atoms with E-state index in [1.54, 1.807) is 6.07 Å². The average Bonchev–Trinajstić information content (AvgIpc) is 2.18. The highest BCUT2D eigenvalue weighted by Gasteiger charge is 2.14. The Morgan fingerprint density at radius 2 is 1.94 bits per heavy atom. The van der Waals surface area contributed by atoms with E-state index in [-0.39, 0.29) is 5.54 Å². The number of anilines is 1. The summed E-state index contributed by atoms with van der Waals surface area (Å²) in [6, 6.07) is 5.47. The van der Waals surface area contributed by atoms with Crippen molar-refractivity contribution in [1.29, 1.82) is 0 Å². The average molecular weight is 246 g/mol. The van der Waals surface area contributed by atoms with Crippen molar-refractivity contribution in [2.45, 2.75) is 26.3 Å². The van der Waals surface area contributed by atoms with Crippen molar-refractivity contribution in [3.05, 3.63) is 23.4 Å². The van der Waals surface area contributed by atoms with Crippen LogP contribution in [-0.4, -0.2) is 23.4 Å². The molecular formula is C12H13BClN3. The van der Waals surface area contributed by atoms with Crippen LogP contribution in [0.5, 0.6) is 0 Å². The molecule has 0 spiro atoms. The molecule has 1 aromatic carbocycles. The van der Waals surface area contributed by atoms with Gasteiger partial charge in [-0.15, -0.1) is 0 Å². The van der Waals surface area contributed by atoms with Crippen molar-refractivity contribution in [2.24, 2.45) is 0 Å². The van der Waals surface area contributed by atoms with Gasteiger partial charge in [-0.05, 0) is 26.8 Å². The molecule has 5 heteroatoms. The Hall–Kier alpha value is -1.29. The topological polar surface area (TPSA) is 37.8 Å².